The van der Waals surface area contributed by atoms with E-state index in [1.54, 1.807) is 14.1 Å². The molecule has 0 bridgehead atoms. The number of benzene rings is 1. The Labute approximate surface area is 156 Å². The Bertz CT molecular complexity index is 794. The summed E-state index contributed by atoms with van der Waals surface area (Å²) in [7, 11) is 3.58. The van der Waals surface area contributed by atoms with Gasteiger partial charge >= 0.3 is 12.5 Å². The molecule has 1 aromatic heterocycles. The molecule has 12 heteroatoms. The molecule has 6 nitrogen and oxygen atoms in total. The summed E-state index contributed by atoms with van der Waals surface area (Å²) in [4.78, 5) is 9.17. The minimum absolute atomic E-state index is 0.0628. The van der Waals surface area contributed by atoms with Crippen LogP contribution in [0.25, 0.3) is 0 Å². The summed E-state index contributed by atoms with van der Waals surface area (Å²) >= 11 is 0. The number of alkyl halides is 6. The van der Waals surface area contributed by atoms with Gasteiger partial charge in [-0.1, -0.05) is 6.07 Å². The smallest absolute Gasteiger partial charge is 0.406 e. The van der Waals surface area contributed by atoms with E-state index >= 15 is 0 Å². The second-order valence-corrected chi connectivity index (χ2v) is 5.89. The number of halogens is 6. The molecule has 0 aliphatic carbocycles. The molecule has 0 aliphatic heterocycles. The van der Waals surface area contributed by atoms with Crippen molar-refractivity contribution in [3.8, 4) is 5.75 Å². The number of hydrogen-bond donors (Lipinski definition) is 2. The van der Waals surface area contributed by atoms with Crippen molar-refractivity contribution in [1.82, 2.24) is 14.9 Å². The van der Waals surface area contributed by atoms with Gasteiger partial charge in [0.1, 0.15) is 11.6 Å². The molecule has 154 valence electrons. The van der Waals surface area contributed by atoms with Crippen LogP contribution in [0.15, 0.2) is 30.3 Å². The van der Waals surface area contributed by atoms with Crippen molar-refractivity contribution < 1.29 is 31.1 Å². The Kier molecular flexibility index (Phi) is 6.54. The number of likely N-dealkylation sites (N-methyl/N-ethyl adjacent to an activating group) is 1. The number of rotatable bonds is 7. The summed E-state index contributed by atoms with van der Waals surface area (Å²) in [5.74, 6) is -1.02. The average Bonchev–Trinajstić information content (AvgIpc) is 2.52. The minimum Gasteiger partial charge on any atom is -0.406 e. The summed E-state index contributed by atoms with van der Waals surface area (Å²) < 4.78 is 80.0. The molecular weight excluding hydrogens is 392 g/mol. The highest BCUT2D eigenvalue weighted by molar-refractivity contribution is 5.59. The molecular formula is C16H17F6N5O. The largest absolute Gasteiger partial charge is 0.573 e. The topological polar surface area (TPSA) is 62.3 Å². The van der Waals surface area contributed by atoms with Crippen LogP contribution in [0.1, 0.15) is 5.69 Å². The first-order valence-corrected chi connectivity index (χ1v) is 7.90. The first-order chi connectivity index (χ1) is 12.9. The highest BCUT2D eigenvalue weighted by Gasteiger charge is 2.34. The highest BCUT2D eigenvalue weighted by Crippen LogP contribution is 2.31. The Morgan fingerprint density at radius 2 is 1.75 bits per heavy atom. The van der Waals surface area contributed by atoms with E-state index in [1.165, 1.54) is 12.1 Å². The normalized spacial score (nSPS) is 12.2. The van der Waals surface area contributed by atoms with Gasteiger partial charge in [0.15, 0.2) is 5.69 Å². The van der Waals surface area contributed by atoms with Gasteiger partial charge in [0.25, 0.3) is 0 Å². The van der Waals surface area contributed by atoms with E-state index < -0.39 is 24.0 Å². The molecule has 0 amide bonds. The summed E-state index contributed by atoms with van der Waals surface area (Å²) in [5, 5.41) is 5.21. The monoisotopic (exact) mass is 409 g/mol. The van der Waals surface area contributed by atoms with E-state index in [0.29, 0.717) is 19.2 Å². The maximum atomic E-state index is 13.1. The third-order valence-electron chi connectivity index (χ3n) is 3.20. The summed E-state index contributed by atoms with van der Waals surface area (Å²) in [5.41, 5.74) is -1.13. The zero-order valence-corrected chi connectivity index (χ0v) is 14.8. The van der Waals surface area contributed by atoms with Gasteiger partial charge in [-0.2, -0.15) is 18.2 Å². The number of aromatic nitrogens is 2. The maximum absolute atomic E-state index is 13.1. The van der Waals surface area contributed by atoms with Crippen molar-refractivity contribution in [2.45, 2.75) is 12.5 Å². The quantitative estimate of drug-likeness (QED) is 0.672. The first-order valence-electron chi connectivity index (χ1n) is 7.90. The standard InChI is InChI=1S/C16H17F6N5O/c1-27(2)7-6-23-14-25-12(15(17,18)19)9-13(26-14)24-10-4-3-5-11(8-10)28-16(20,21)22/h3-5,8-9H,6-7H2,1-2H3,(H2,23,24,25,26). The van der Waals surface area contributed by atoms with Crippen LogP contribution in [0.4, 0.5) is 43.8 Å². The Morgan fingerprint density at radius 3 is 2.36 bits per heavy atom. The van der Waals surface area contributed by atoms with Gasteiger partial charge < -0.3 is 20.3 Å². The van der Waals surface area contributed by atoms with Crippen LogP contribution in [0.5, 0.6) is 5.75 Å². The van der Waals surface area contributed by atoms with Crippen molar-refractivity contribution in [2.75, 3.05) is 37.8 Å². The molecule has 2 N–H and O–H groups in total. The third-order valence-corrected chi connectivity index (χ3v) is 3.20. The van der Waals surface area contributed by atoms with Crippen LogP contribution in [0.2, 0.25) is 0 Å². The zero-order valence-electron chi connectivity index (χ0n) is 14.8. The van der Waals surface area contributed by atoms with Gasteiger partial charge in [0.2, 0.25) is 5.95 Å². The first kappa shape index (κ1) is 21.5. The van der Waals surface area contributed by atoms with Crippen LogP contribution in [-0.2, 0) is 6.18 Å². The molecule has 0 radical (unpaired) electrons. The van der Waals surface area contributed by atoms with Crippen molar-refractivity contribution in [2.24, 2.45) is 0 Å². The predicted molar refractivity (Wildman–Crippen MR) is 90.5 cm³/mol. The fourth-order valence-corrected chi connectivity index (χ4v) is 2.05. The second kappa shape index (κ2) is 8.50. The zero-order chi connectivity index (χ0) is 20.9. The lowest BCUT2D eigenvalue weighted by Gasteiger charge is -2.15. The third kappa shape index (κ3) is 7.10. The minimum atomic E-state index is -4.89. The van der Waals surface area contributed by atoms with E-state index in [-0.39, 0.29) is 17.5 Å². The lowest BCUT2D eigenvalue weighted by atomic mass is 10.3. The lowest BCUT2D eigenvalue weighted by molar-refractivity contribution is -0.274. The Morgan fingerprint density at radius 1 is 1.04 bits per heavy atom. The van der Waals surface area contributed by atoms with Crippen molar-refractivity contribution >= 4 is 17.5 Å². The summed E-state index contributed by atoms with van der Waals surface area (Å²) in [6.07, 6.45) is -9.61. The van der Waals surface area contributed by atoms with E-state index in [1.807, 2.05) is 4.90 Å². The SMILES string of the molecule is CN(C)CCNc1nc(Nc2cccc(OC(F)(F)F)c2)cc(C(F)(F)F)n1. The molecule has 0 unspecified atom stereocenters. The van der Waals surface area contributed by atoms with E-state index in [4.69, 9.17) is 0 Å². The number of hydrogen-bond acceptors (Lipinski definition) is 6. The van der Waals surface area contributed by atoms with Crippen LogP contribution < -0.4 is 15.4 Å². The molecule has 0 atom stereocenters. The molecule has 1 heterocycles. The molecule has 0 spiro atoms. The lowest BCUT2D eigenvalue weighted by Crippen LogP contribution is -2.22. The summed E-state index contributed by atoms with van der Waals surface area (Å²) in [6, 6.07) is 5.33. The number of nitrogens with zero attached hydrogens (tertiary/aromatic N) is 3. The fraction of sp³-hybridized carbons (Fsp3) is 0.375. The molecule has 0 aliphatic rings. The van der Waals surface area contributed by atoms with Gasteiger partial charge in [0, 0.05) is 30.9 Å². The second-order valence-electron chi connectivity index (χ2n) is 5.89. The molecule has 2 rings (SSSR count). The van der Waals surface area contributed by atoms with Crippen LogP contribution in [0, 0.1) is 0 Å². The Hall–Kier alpha value is -2.76. The molecule has 0 fully saturated rings. The van der Waals surface area contributed by atoms with Crippen molar-refractivity contribution in [3.63, 3.8) is 0 Å². The van der Waals surface area contributed by atoms with Gasteiger partial charge in [-0.3, -0.25) is 0 Å². The van der Waals surface area contributed by atoms with Gasteiger partial charge in [0.05, 0.1) is 0 Å². The summed E-state index contributed by atoms with van der Waals surface area (Å²) in [6.45, 7) is 0.821. The van der Waals surface area contributed by atoms with Gasteiger partial charge in [-0.25, -0.2) is 4.98 Å². The average molecular weight is 409 g/mol. The maximum Gasteiger partial charge on any atom is 0.573 e. The fourth-order valence-electron chi connectivity index (χ4n) is 2.05. The molecule has 1 aromatic carbocycles. The van der Waals surface area contributed by atoms with Gasteiger partial charge in [-0.05, 0) is 26.2 Å². The van der Waals surface area contributed by atoms with Crippen LogP contribution in [0.3, 0.4) is 0 Å². The molecule has 0 saturated heterocycles. The van der Waals surface area contributed by atoms with Crippen molar-refractivity contribution in [1.29, 1.82) is 0 Å². The molecule has 0 saturated carbocycles. The van der Waals surface area contributed by atoms with E-state index in [0.717, 1.165) is 12.1 Å². The van der Waals surface area contributed by atoms with E-state index in [9.17, 15) is 26.3 Å². The number of anilines is 3. The Balaban J connectivity index is 2.25. The van der Waals surface area contributed by atoms with Crippen LogP contribution >= 0.6 is 0 Å². The van der Waals surface area contributed by atoms with Crippen molar-refractivity contribution in [3.05, 3.63) is 36.0 Å². The van der Waals surface area contributed by atoms with Gasteiger partial charge in [-0.15, -0.1) is 13.2 Å². The number of nitrogens with one attached hydrogen (secondary N) is 2. The molecule has 2 aromatic rings. The predicted octanol–water partition coefficient (Wildman–Crippen LogP) is 4.11. The molecule has 28 heavy (non-hydrogen) atoms. The van der Waals surface area contributed by atoms with Crippen LogP contribution in [-0.4, -0.2) is 48.4 Å². The van der Waals surface area contributed by atoms with E-state index in [2.05, 4.69) is 25.3 Å². The number of ether oxygens (including phenoxy) is 1. The highest BCUT2D eigenvalue weighted by atomic mass is 19.4.